The zero-order valence-electron chi connectivity index (χ0n) is 9.38. The molecule has 0 aliphatic carbocycles. The lowest BCUT2D eigenvalue weighted by Crippen LogP contribution is -2.25. The van der Waals surface area contributed by atoms with Crippen LogP contribution < -0.4 is 0 Å². The van der Waals surface area contributed by atoms with E-state index in [-0.39, 0.29) is 0 Å². The molecule has 2 aliphatic heterocycles. The summed E-state index contributed by atoms with van der Waals surface area (Å²) < 4.78 is 1.19. The molecule has 1 fully saturated rings. The summed E-state index contributed by atoms with van der Waals surface area (Å²) in [5.41, 5.74) is 4.42. The molecule has 1 aromatic rings. The Labute approximate surface area is 105 Å². The van der Waals surface area contributed by atoms with Gasteiger partial charge in [-0.2, -0.15) is 0 Å². The zero-order valence-corrected chi connectivity index (χ0v) is 11.0. The van der Waals surface area contributed by atoms with Gasteiger partial charge in [0.1, 0.15) is 0 Å². The van der Waals surface area contributed by atoms with Crippen LogP contribution in [0, 0.1) is 0 Å². The van der Waals surface area contributed by atoms with E-state index in [9.17, 15) is 0 Å². The predicted molar refractivity (Wildman–Crippen MR) is 71.0 cm³/mol. The summed E-state index contributed by atoms with van der Waals surface area (Å²) >= 11 is 3.55. The van der Waals surface area contributed by atoms with Gasteiger partial charge in [0.15, 0.2) is 0 Å². The van der Waals surface area contributed by atoms with Crippen LogP contribution in [0.3, 0.4) is 0 Å². The van der Waals surface area contributed by atoms with Gasteiger partial charge in [-0.05, 0) is 48.6 Å². The normalized spacial score (nSPS) is 19.6. The molecule has 2 heterocycles. The van der Waals surface area contributed by atoms with Crippen LogP contribution in [-0.4, -0.2) is 11.4 Å². The van der Waals surface area contributed by atoms with Gasteiger partial charge in [-0.15, -0.1) is 0 Å². The fourth-order valence-electron chi connectivity index (χ4n) is 2.66. The molecule has 2 heteroatoms. The number of hydrogen-bond donors (Lipinski definition) is 0. The average Bonchev–Trinajstić information content (AvgIpc) is 2.50. The molecule has 1 aromatic carbocycles. The molecule has 16 heavy (non-hydrogen) atoms. The van der Waals surface area contributed by atoms with Crippen molar-refractivity contribution in [3.63, 3.8) is 0 Å². The summed E-state index contributed by atoms with van der Waals surface area (Å²) in [6.07, 6.45) is 7.73. The molecule has 0 bridgehead atoms. The summed E-state index contributed by atoms with van der Waals surface area (Å²) in [6, 6.07) is 6.64. The van der Waals surface area contributed by atoms with E-state index in [2.05, 4.69) is 45.1 Å². The summed E-state index contributed by atoms with van der Waals surface area (Å²) in [4.78, 5) is 2.56. The van der Waals surface area contributed by atoms with E-state index in [4.69, 9.17) is 0 Å². The monoisotopic (exact) mass is 277 g/mol. The Morgan fingerprint density at radius 3 is 3.00 bits per heavy atom. The molecule has 0 saturated carbocycles. The van der Waals surface area contributed by atoms with Gasteiger partial charge in [-0.3, -0.25) is 0 Å². The van der Waals surface area contributed by atoms with Crippen molar-refractivity contribution in [2.45, 2.75) is 32.2 Å². The van der Waals surface area contributed by atoms with Crippen LogP contribution in [0.4, 0.5) is 0 Å². The maximum absolute atomic E-state index is 3.55. The van der Waals surface area contributed by atoms with Crippen molar-refractivity contribution in [2.75, 3.05) is 6.54 Å². The van der Waals surface area contributed by atoms with E-state index >= 15 is 0 Å². The third-order valence-corrected chi connectivity index (χ3v) is 4.05. The number of nitrogens with zero attached hydrogens (tertiary/aromatic N) is 1. The Morgan fingerprint density at radius 1 is 1.12 bits per heavy atom. The van der Waals surface area contributed by atoms with Gasteiger partial charge in [0.25, 0.3) is 0 Å². The van der Waals surface area contributed by atoms with Crippen molar-refractivity contribution in [1.29, 1.82) is 0 Å². The van der Waals surface area contributed by atoms with E-state index < -0.39 is 0 Å². The van der Waals surface area contributed by atoms with Crippen LogP contribution in [0.2, 0.25) is 0 Å². The first-order valence-electron chi connectivity index (χ1n) is 6.07. The first-order chi connectivity index (χ1) is 7.83. The number of rotatable bonds is 0. The third-order valence-electron chi connectivity index (χ3n) is 3.56. The summed E-state index contributed by atoms with van der Waals surface area (Å²) in [5.74, 6) is 0. The van der Waals surface area contributed by atoms with Gasteiger partial charge in [0.05, 0.1) is 0 Å². The molecule has 1 saturated heterocycles. The van der Waals surface area contributed by atoms with Crippen LogP contribution in [-0.2, 0) is 6.54 Å². The summed E-state index contributed by atoms with van der Waals surface area (Å²) in [6.45, 7) is 2.34. The van der Waals surface area contributed by atoms with E-state index in [0.29, 0.717) is 0 Å². The highest BCUT2D eigenvalue weighted by Crippen LogP contribution is 2.31. The van der Waals surface area contributed by atoms with Gasteiger partial charge >= 0.3 is 0 Å². The van der Waals surface area contributed by atoms with Crippen molar-refractivity contribution >= 4 is 22.0 Å². The van der Waals surface area contributed by atoms with Crippen LogP contribution >= 0.6 is 15.9 Å². The van der Waals surface area contributed by atoms with E-state index in [1.807, 2.05) is 0 Å². The largest absolute Gasteiger partial charge is 0.370 e. The Balaban J connectivity index is 2.00. The average molecular weight is 278 g/mol. The van der Waals surface area contributed by atoms with E-state index in [0.717, 1.165) is 6.54 Å². The van der Waals surface area contributed by atoms with Gasteiger partial charge in [0, 0.05) is 23.3 Å². The molecular weight excluding hydrogens is 262 g/mol. The highest BCUT2D eigenvalue weighted by Gasteiger charge is 2.19. The SMILES string of the molecule is Brc1ccc2c(c1)C=C1CCCCCN1C2. The van der Waals surface area contributed by atoms with Crippen LogP contribution in [0.1, 0.15) is 36.8 Å². The number of fused-ring (bicyclic) bond motifs is 2. The predicted octanol–water partition coefficient (Wildman–Crippen LogP) is 4.18. The second-order valence-corrected chi connectivity index (χ2v) is 5.63. The quantitative estimate of drug-likeness (QED) is 0.688. The maximum atomic E-state index is 3.55. The standard InChI is InChI=1S/C14H16BrN/c15-13-6-5-11-10-16-7-3-1-2-4-14(16)9-12(11)8-13/h5-6,8-9H,1-4,7,10H2. The zero-order chi connectivity index (χ0) is 11.0. The molecule has 3 rings (SSSR count). The van der Waals surface area contributed by atoms with Crippen molar-refractivity contribution in [3.8, 4) is 0 Å². The molecule has 1 nitrogen and oxygen atoms in total. The topological polar surface area (TPSA) is 3.24 Å². The van der Waals surface area contributed by atoms with Crippen molar-refractivity contribution in [1.82, 2.24) is 4.90 Å². The lowest BCUT2D eigenvalue weighted by atomic mass is 10.0. The molecule has 2 aliphatic rings. The second kappa shape index (κ2) is 4.25. The molecule has 0 radical (unpaired) electrons. The molecule has 0 amide bonds. The number of benzene rings is 1. The van der Waals surface area contributed by atoms with Gasteiger partial charge < -0.3 is 4.90 Å². The molecule has 0 N–H and O–H groups in total. The minimum Gasteiger partial charge on any atom is -0.370 e. The molecule has 0 atom stereocenters. The Bertz CT molecular complexity index is 436. The van der Waals surface area contributed by atoms with Crippen LogP contribution in [0.15, 0.2) is 28.4 Å². The molecule has 0 aromatic heterocycles. The minimum atomic E-state index is 1.11. The highest BCUT2D eigenvalue weighted by atomic mass is 79.9. The molecule has 0 spiro atoms. The van der Waals surface area contributed by atoms with Crippen molar-refractivity contribution in [3.05, 3.63) is 39.5 Å². The maximum Gasteiger partial charge on any atom is 0.0432 e. The number of allylic oxidation sites excluding steroid dienone is 1. The van der Waals surface area contributed by atoms with E-state index in [1.165, 1.54) is 47.8 Å². The van der Waals surface area contributed by atoms with Crippen molar-refractivity contribution < 1.29 is 0 Å². The Kier molecular flexibility index (Phi) is 2.76. The van der Waals surface area contributed by atoms with Crippen molar-refractivity contribution in [2.24, 2.45) is 0 Å². The first-order valence-corrected chi connectivity index (χ1v) is 6.86. The smallest absolute Gasteiger partial charge is 0.0432 e. The van der Waals surface area contributed by atoms with Crippen LogP contribution in [0.5, 0.6) is 0 Å². The Morgan fingerprint density at radius 2 is 2.06 bits per heavy atom. The summed E-state index contributed by atoms with van der Waals surface area (Å²) in [5, 5.41) is 0. The first kappa shape index (κ1) is 10.4. The van der Waals surface area contributed by atoms with Gasteiger partial charge in [-0.1, -0.05) is 28.4 Å². The molecular formula is C14H16BrN. The Hall–Kier alpha value is -0.760. The summed E-state index contributed by atoms with van der Waals surface area (Å²) in [7, 11) is 0. The third kappa shape index (κ3) is 1.91. The fourth-order valence-corrected chi connectivity index (χ4v) is 3.04. The fraction of sp³-hybridized carbons (Fsp3) is 0.429. The van der Waals surface area contributed by atoms with E-state index in [1.54, 1.807) is 5.70 Å². The molecule has 84 valence electrons. The second-order valence-electron chi connectivity index (χ2n) is 4.71. The highest BCUT2D eigenvalue weighted by molar-refractivity contribution is 9.10. The van der Waals surface area contributed by atoms with Gasteiger partial charge in [-0.25, -0.2) is 0 Å². The number of hydrogen-bond acceptors (Lipinski definition) is 1. The number of halogens is 1. The minimum absolute atomic E-state index is 1.11. The lowest BCUT2D eigenvalue weighted by molar-refractivity contribution is 0.335. The van der Waals surface area contributed by atoms with Gasteiger partial charge in [0.2, 0.25) is 0 Å². The lowest BCUT2D eigenvalue weighted by Gasteiger charge is -2.30. The van der Waals surface area contributed by atoms with Crippen LogP contribution in [0.25, 0.3) is 6.08 Å². The molecule has 0 unspecified atom stereocenters.